The third-order valence-electron chi connectivity index (χ3n) is 3.90. The van der Waals surface area contributed by atoms with E-state index in [1.807, 2.05) is 0 Å². The lowest BCUT2D eigenvalue weighted by molar-refractivity contribution is 0.0953. The van der Waals surface area contributed by atoms with Gasteiger partial charge in [0.1, 0.15) is 17.1 Å². The number of allylic oxidation sites excluding steroid dienone is 1. The fraction of sp³-hybridized carbons (Fsp3) is 0.263. The lowest BCUT2D eigenvalue weighted by Crippen LogP contribution is -2.26. The van der Waals surface area contributed by atoms with Gasteiger partial charge in [0.25, 0.3) is 5.91 Å². The number of aromatic nitrogens is 1. The highest BCUT2D eigenvalue weighted by Crippen LogP contribution is 2.23. The second-order valence-electron chi connectivity index (χ2n) is 5.70. The molecule has 1 N–H and O–H groups in total. The standard InChI is InChI=1S/C19H19FN2O2/c20-15-8-10-16(11-9-15)24-19-17(7-4-12-21-19)18(23)22-13-14-5-2-1-3-6-14/h4-5,7-12H,1-3,6,13H2,(H,22,23). The molecule has 1 aromatic carbocycles. The smallest absolute Gasteiger partial charge is 0.257 e. The van der Waals surface area contributed by atoms with Crippen LogP contribution in [0.5, 0.6) is 11.6 Å². The maximum absolute atomic E-state index is 13.0. The van der Waals surface area contributed by atoms with Crippen molar-refractivity contribution in [3.8, 4) is 11.6 Å². The van der Waals surface area contributed by atoms with Crippen molar-refractivity contribution in [2.75, 3.05) is 6.54 Å². The van der Waals surface area contributed by atoms with Crippen molar-refractivity contribution < 1.29 is 13.9 Å². The number of halogens is 1. The molecule has 0 aliphatic heterocycles. The lowest BCUT2D eigenvalue weighted by Gasteiger charge is -2.14. The molecule has 0 radical (unpaired) electrons. The van der Waals surface area contributed by atoms with E-state index in [1.165, 1.54) is 42.7 Å². The van der Waals surface area contributed by atoms with Gasteiger partial charge in [0.15, 0.2) is 0 Å². The van der Waals surface area contributed by atoms with Crippen molar-refractivity contribution in [2.24, 2.45) is 0 Å². The number of carbonyl (C=O) groups is 1. The van der Waals surface area contributed by atoms with E-state index < -0.39 is 0 Å². The number of amides is 1. The molecular formula is C19H19FN2O2. The molecule has 4 nitrogen and oxygen atoms in total. The van der Waals surface area contributed by atoms with Crippen LogP contribution in [0, 0.1) is 5.82 Å². The van der Waals surface area contributed by atoms with Crippen molar-refractivity contribution in [2.45, 2.75) is 25.7 Å². The quantitative estimate of drug-likeness (QED) is 0.836. The molecule has 24 heavy (non-hydrogen) atoms. The summed E-state index contributed by atoms with van der Waals surface area (Å²) in [4.78, 5) is 16.6. The SMILES string of the molecule is O=C(NCC1=CCCCC1)c1cccnc1Oc1ccc(F)cc1. The van der Waals surface area contributed by atoms with Crippen LogP contribution in [0.3, 0.4) is 0 Å². The fourth-order valence-electron chi connectivity index (χ4n) is 2.61. The largest absolute Gasteiger partial charge is 0.438 e. The first-order valence-electron chi connectivity index (χ1n) is 8.07. The molecule has 124 valence electrons. The van der Waals surface area contributed by atoms with Crippen molar-refractivity contribution in [3.05, 3.63) is 65.6 Å². The predicted octanol–water partition coefficient (Wildman–Crippen LogP) is 4.24. The zero-order valence-corrected chi connectivity index (χ0v) is 13.3. The van der Waals surface area contributed by atoms with E-state index in [1.54, 1.807) is 18.3 Å². The Labute approximate surface area is 140 Å². The first kappa shape index (κ1) is 16.2. The first-order chi connectivity index (χ1) is 11.7. The average molecular weight is 326 g/mol. The van der Waals surface area contributed by atoms with Crippen LogP contribution < -0.4 is 10.1 Å². The van der Waals surface area contributed by atoms with Crippen LogP contribution in [0.2, 0.25) is 0 Å². The summed E-state index contributed by atoms with van der Waals surface area (Å²) in [5.41, 5.74) is 1.62. The molecule has 1 aromatic heterocycles. The van der Waals surface area contributed by atoms with Gasteiger partial charge in [0.05, 0.1) is 0 Å². The molecule has 2 aromatic rings. The van der Waals surface area contributed by atoms with Crippen LogP contribution >= 0.6 is 0 Å². The molecule has 1 amide bonds. The maximum Gasteiger partial charge on any atom is 0.257 e. The minimum Gasteiger partial charge on any atom is -0.438 e. The molecule has 1 aliphatic carbocycles. The Morgan fingerprint density at radius 1 is 1.21 bits per heavy atom. The van der Waals surface area contributed by atoms with Crippen molar-refractivity contribution >= 4 is 5.91 Å². The Balaban J connectivity index is 1.69. The summed E-state index contributed by atoms with van der Waals surface area (Å²) in [6.45, 7) is 0.545. The van der Waals surface area contributed by atoms with E-state index in [-0.39, 0.29) is 17.6 Å². The number of rotatable bonds is 5. The number of carbonyl (C=O) groups excluding carboxylic acids is 1. The molecular weight excluding hydrogens is 307 g/mol. The molecule has 0 unspecified atom stereocenters. The first-order valence-corrected chi connectivity index (χ1v) is 8.07. The lowest BCUT2D eigenvalue weighted by atomic mass is 10.00. The number of pyridine rings is 1. The summed E-state index contributed by atoms with van der Waals surface area (Å²) >= 11 is 0. The summed E-state index contributed by atoms with van der Waals surface area (Å²) in [5.74, 6) is 0.0622. The van der Waals surface area contributed by atoms with Gasteiger partial charge in [-0.25, -0.2) is 9.37 Å². The van der Waals surface area contributed by atoms with Gasteiger partial charge in [-0.1, -0.05) is 11.6 Å². The van der Waals surface area contributed by atoms with E-state index in [2.05, 4.69) is 16.4 Å². The molecule has 0 fully saturated rings. The second-order valence-corrected chi connectivity index (χ2v) is 5.70. The second kappa shape index (κ2) is 7.73. The van der Waals surface area contributed by atoms with Gasteiger partial charge in [-0.05, 0) is 62.1 Å². The summed E-state index contributed by atoms with van der Waals surface area (Å²) < 4.78 is 18.6. The van der Waals surface area contributed by atoms with Crippen LogP contribution in [0.1, 0.15) is 36.0 Å². The normalized spacial score (nSPS) is 14.0. The van der Waals surface area contributed by atoms with Gasteiger partial charge in [0.2, 0.25) is 5.88 Å². The Hall–Kier alpha value is -2.69. The van der Waals surface area contributed by atoms with Gasteiger partial charge in [-0.3, -0.25) is 4.79 Å². The highest BCUT2D eigenvalue weighted by atomic mass is 19.1. The Bertz CT molecular complexity index is 741. The van der Waals surface area contributed by atoms with Crippen LogP contribution in [0.15, 0.2) is 54.2 Å². The number of nitrogens with zero attached hydrogens (tertiary/aromatic N) is 1. The predicted molar refractivity (Wildman–Crippen MR) is 89.6 cm³/mol. The van der Waals surface area contributed by atoms with E-state index in [0.29, 0.717) is 17.9 Å². The highest BCUT2D eigenvalue weighted by molar-refractivity contribution is 5.96. The zero-order valence-electron chi connectivity index (χ0n) is 13.3. The molecule has 0 bridgehead atoms. The minimum atomic E-state index is -0.345. The number of hydrogen-bond acceptors (Lipinski definition) is 3. The van der Waals surface area contributed by atoms with E-state index in [4.69, 9.17) is 4.74 Å². The number of nitrogens with one attached hydrogen (secondary N) is 1. The Morgan fingerprint density at radius 3 is 2.79 bits per heavy atom. The molecule has 1 aliphatic rings. The zero-order chi connectivity index (χ0) is 16.8. The number of benzene rings is 1. The molecule has 5 heteroatoms. The van der Waals surface area contributed by atoms with Crippen LogP contribution in [0.25, 0.3) is 0 Å². The van der Waals surface area contributed by atoms with E-state index >= 15 is 0 Å². The average Bonchev–Trinajstić information content (AvgIpc) is 2.63. The van der Waals surface area contributed by atoms with Gasteiger partial charge in [-0.2, -0.15) is 0 Å². The number of ether oxygens (including phenoxy) is 1. The van der Waals surface area contributed by atoms with Crippen molar-refractivity contribution in [1.29, 1.82) is 0 Å². The number of hydrogen-bond donors (Lipinski definition) is 1. The molecule has 0 saturated heterocycles. The molecule has 0 atom stereocenters. The van der Waals surface area contributed by atoms with Crippen LogP contribution in [-0.2, 0) is 0 Å². The van der Waals surface area contributed by atoms with Gasteiger partial charge in [0, 0.05) is 12.7 Å². The van der Waals surface area contributed by atoms with E-state index in [0.717, 1.165) is 12.8 Å². The maximum atomic E-state index is 13.0. The van der Waals surface area contributed by atoms with Crippen LogP contribution in [0.4, 0.5) is 4.39 Å². The van der Waals surface area contributed by atoms with Gasteiger partial charge >= 0.3 is 0 Å². The summed E-state index contributed by atoms with van der Waals surface area (Å²) in [6, 6.07) is 8.95. The monoisotopic (exact) mass is 326 g/mol. The topological polar surface area (TPSA) is 51.2 Å². The fourth-order valence-corrected chi connectivity index (χ4v) is 2.61. The van der Waals surface area contributed by atoms with Crippen molar-refractivity contribution in [1.82, 2.24) is 10.3 Å². The Kier molecular flexibility index (Phi) is 5.21. The van der Waals surface area contributed by atoms with Gasteiger partial charge in [-0.15, -0.1) is 0 Å². The molecule has 0 spiro atoms. The van der Waals surface area contributed by atoms with E-state index in [9.17, 15) is 9.18 Å². The highest BCUT2D eigenvalue weighted by Gasteiger charge is 2.15. The third kappa shape index (κ3) is 4.19. The summed E-state index contributed by atoms with van der Waals surface area (Å²) in [7, 11) is 0. The Morgan fingerprint density at radius 2 is 2.04 bits per heavy atom. The molecule has 1 heterocycles. The molecule has 0 saturated carbocycles. The molecule has 3 rings (SSSR count). The summed E-state index contributed by atoms with van der Waals surface area (Å²) in [6.07, 6.45) is 8.26. The third-order valence-corrected chi connectivity index (χ3v) is 3.90. The van der Waals surface area contributed by atoms with Crippen LogP contribution in [-0.4, -0.2) is 17.4 Å². The van der Waals surface area contributed by atoms with Gasteiger partial charge < -0.3 is 10.1 Å². The summed E-state index contributed by atoms with van der Waals surface area (Å²) in [5, 5.41) is 2.92. The minimum absolute atomic E-state index is 0.208. The van der Waals surface area contributed by atoms with Crippen molar-refractivity contribution in [3.63, 3.8) is 0 Å².